The van der Waals surface area contributed by atoms with Gasteiger partial charge in [-0.25, -0.2) is 0 Å². The Hall–Kier alpha value is -0.870. The zero-order chi connectivity index (χ0) is 21.7. The van der Waals surface area contributed by atoms with Gasteiger partial charge in [-0.3, -0.25) is 4.79 Å². The van der Waals surface area contributed by atoms with Gasteiger partial charge in [0.05, 0.1) is 19.3 Å². The van der Waals surface area contributed by atoms with Gasteiger partial charge in [0.2, 0.25) is 0 Å². The predicted molar refractivity (Wildman–Crippen MR) is 118 cm³/mol. The molecular formula is C26H42O4. The Morgan fingerprint density at radius 1 is 1.20 bits per heavy atom. The summed E-state index contributed by atoms with van der Waals surface area (Å²) in [5.74, 6) is 2.91. The van der Waals surface area contributed by atoms with Gasteiger partial charge in [-0.05, 0) is 86.4 Å². The summed E-state index contributed by atoms with van der Waals surface area (Å²) < 4.78 is 11.1. The Morgan fingerprint density at radius 2 is 1.97 bits per heavy atom. The quantitative estimate of drug-likeness (QED) is 0.496. The second-order valence-corrected chi connectivity index (χ2v) is 11.3. The third-order valence-electron chi connectivity index (χ3n) is 10.1. The molecule has 4 nitrogen and oxygen atoms in total. The number of fused-ring (bicyclic) bond motifs is 5. The fourth-order valence-electron chi connectivity index (χ4n) is 8.41. The molecule has 0 aliphatic heterocycles. The predicted octanol–water partition coefficient (Wildman–Crippen LogP) is 5.14. The summed E-state index contributed by atoms with van der Waals surface area (Å²) in [6.07, 6.45) is 12.0. The molecule has 30 heavy (non-hydrogen) atoms. The number of rotatable bonds is 5. The van der Waals surface area contributed by atoms with Gasteiger partial charge in [-0.1, -0.05) is 32.4 Å². The van der Waals surface area contributed by atoms with Crippen LogP contribution in [0.15, 0.2) is 11.6 Å². The molecule has 0 unspecified atom stereocenters. The fourth-order valence-corrected chi connectivity index (χ4v) is 8.41. The zero-order valence-electron chi connectivity index (χ0n) is 19.7. The lowest BCUT2D eigenvalue weighted by molar-refractivity contribution is -0.141. The number of allylic oxidation sites excluding steroid dienone is 1. The first kappa shape index (κ1) is 22.3. The van der Waals surface area contributed by atoms with E-state index in [9.17, 15) is 9.90 Å². The highest BCUT2D eigenvalue weighted by molar-refractivity contribution is 5.69. The monoisotopic (exact) mass is 418 g/mol. The van der Waals surface area contributed by atoms with E-state index < -0.39 is 0 Å². The van der Waals surface area contributed by atoms with Crippen molar-refractivity contribution in [3.05, 3.63) is 11.6 Å². The van der Waals surface area contributed by atoms with Gasteiger partial charge in [0, 0.05) is 18.9 Å². The number of aliphatic hydroxyl groups is 1. The molecular weight excluding hydrogens is 376 g/mol. The van der Waals surface area contributed by atoms with Gasteiger partial charge in [-0.15, -0.1) is 0 Å². The first-order valence-corrected chi connectivity index (χ1v) is 12.3. The molecule has 4 aliphatic carbocycles. The van der Waals surface area contributed by atoms with Crippen molar-refractivity contribution in [2.45, 2.75) is 90.8 Å². The highest BCUT2D eigenvalue weighted by atomic mass is 16.5. The van der Waals surface area contributed by atoms with Gasteiger partial charge < -0.3 is 14.6 Å². The summed E-state index contributed by atoms with van der Waals surface area (Å²) in [6, 6.07) is 0. The zero-order valence-corrected chi connectivity index (χ0v) is 19.7. The van der Waals surface area contributed by atoms with Gasteiger partial charge in [0.1, 0.15) is 0 Å². The van der Waals surface area contributed by atoms with Crippen LogP contribution in [0, 0.1) is 40.4 Å². The average molecular weight is 419 g/mol. The van der Waals surface area contributed by atoms with E-state index in [4.69, 9.17) is 9.47 Å². The highest BCUT2D eigenvalue weighted by Gasteiger charge is 2.61. The van der Waals surface area contributed by atoms with E-state index in [0.717, 1.165) is 25.7 Å². The molecule has 0 saturated heterocycles. The molecule has 1 N–H and O–H groups in total. The van der Waals surface area contributed by atoms with Crippen LogP contribution in [-0.4, -0.2) is 37.5 Å². The summed E-state index contributed by atoms with van der Waals surface area (Å²) in [7, 11) is 3.36. The van der Waals surface area contributed by atoms with Gasteiger partial charge in [0.25, 0.3) is 0 Å². The minimum Gasteiger partial charge on any atom is -0.469 e. The number of hydrogen-bond donors (Lipinski definition) is 1. The maximum atomic E-state index is 11.7. The van der Waals surface area contributed by atoms with Crippen LogP contribution in [0.3, 0.4) is 0 Å². The lowest BCUT2D eigenvalue weighted by Crippen LogP contribution is -2.53. The number of ether oxygens (including phenoxy) is 2. The minimum absolute atomic E-state index is 0.0959. The number of esters is 1. The standard InChI is InChI=1S/C26H42O4/c1-16(6-11-24(28)30-5)20-9-10-21-19-8-7-17-14-18(27)12-13-25(17,2)22(19)15-23(29-4)26(20,21)3/h15-21,23,27H,6-14H2,1-5H3/t16-,17+,18+,19+,20-,21+,23-,25-,26+/m0/s1. The number of hydrogen-bond acceptors (Lipinski definition) is 4. The normalized spacial score (nSPS) is 46.3. The van der Waals surface area contributed by atoms with E-state index in [-0.39, 0.29) is 29.0 Å². The van der Waals surface area contributed by atoms with E-state index in [0.29, 0.717) is 36.0 Å². The van der Waals surface area contributed by atoms with Crippen LogP contribution in [0.1, 0.15) is 78.6 Å². The Morgan fingerprint density at radius 3 is 2.67 bits per heavy atom. The summed E-state index contributed by atoms with van der Waals surface area (Å²) in [4.78, 5) is 11.7. The van der Waals surface area contributed by atoms with Crippen LogP contribution in [0.25, 0.3) is 0 Å². The molecule has 0 spiro atoms. The summed E-state index contributed by atoms with van der Waals surface area (Å²) in [5, 5.41) is 10.3. The number of carbonyl (C=O) groups is 1. The van der Waals surface area contributed by atoms with Crippen LogP contribution >= 0.6 is 0 Å². The molecule has 0 aromatic heterocycles. The van der Waals surface area contributed by atoms with Crippen molar-refractivity contribution >= 4 is 5.97 Å². The Kier molecular flexibility index (Phi) is 6.13. The van der Waals surface area contributed by atoms with E-state index >= 15 is 0 Å². The summed E-state index contributed by atoms with van der Waals surface area (Å²) in [5.41, 5.74) is 2.02. The van der Waals surface area contributed by atoms with E-state index in [1.165, 1.54) is 32.8 Å². The largest absolute Gasteiger partial charge is 0.469 e. The molecule has 0 radical (unpaired) electrons. The lowest BCUT2D eigenvalue weighted by atomic mass is 9.47. The third kappa shape index (κ3) is 3.37. The first-order chi connectivity index (χ1) is 14.3. The van der Waals surface area contributed by atoms with E-state index in [1.807, 2.05) is 7.11 Å². The maximum Gasteiger partial charge on any atom is 0.305 e. The van der Waals surface area contributed by atoms with Crippen molar-refractivity contribution in [2.24, 2.45) is 40.4 Å². The molecule has 9 atom stereocenters. The van der Waals surface area contributed by atoms with E-state index in [1.54, 1.807) is 5.57 Å². The molecule has 4 rings (SSSR count). The summed E-state index contributed by atoms with van der Waals surface area (Å²) >= 11 is 0. The molecule has 0 heterocycles. The molecule has 3 fully saturated rings. The smallest absolute Gasteiger partial charge is 0.305 e. The average Bonchev–Trinajstić information content (AvgIpc) is 3.09. The lowest BCUT2D eigenvalue weighted by Gasteiger charge is -2.58. The SMILES string of the molecule is COC(=O)CC[C@H](C)[C@@H]1CC[C@@H]2[C@H]3CC[C@@H]4C[C@H](O)CC[C@]4(C)C3=C[C@H](OC)[C@@]21C. The molecule has 170 valence electrons. The van der Waals surface area contributed by atoms with Crippen molar-refractivity contribution in [3.8, 4) is 0 Å². The Bertz CT molecular complexity index is 687. The molecule has 3 saturated carbocycles. The van der Waals surface area contributed by atoms with Gasteiger partial charge in [-0.2, -0.15) is 0 Å². The number of methoxy groups -OCH3 is 2. The molecule has 4 aliphatic rings. The first-order valence-electron chi connectivity index (χ1n) is 12.3. The summed E-state index contributed by atoms with van der Waals surface area (Å²) in [6.45, 7) is 7.28. The molecule has 4 heteroatoms. The Labute approximate surface area is 182 Å². The van der Waals surface area contributed by atoms with Gasteiger partial charge in [0.15, 0.2) is 0 Å². The number of aliphatic hydroxyl groups excluding tert-OH is 1. The van der Waals surface area contributed by atoms with Crippen molar-refractivity contribution < 1.29 is 19.4 Å². The Balaban J connectivity index is 1.63. The highest BCUT2D eigenvalue weighted by Crippen LogP contribution is 2.66. The van der Waals surface area contributed by atoms with Crippen LogP contribution in [0.2, 0.25) is 0 Å². The second kappa shape index (κ2) is 8.24. The minimum atomic E-state index is -0.112. The van der Waals surface area contributed by atoms with Crippen LogP contribution < -0.4 is 0 Å². The fraction of sp³-hybridized carbons (Fsp3) is 0.885. The maximum absolute atomic E-state index is 11.7. The van der Waals surface area contributed by atoms with E-state index in [2.05, 4.69) is 26.8 Å². The topological polar surface area (TPSA) is 55.8 Å². The van der Waals surface area contributed by atoms with Crippen LogP contribution in [-0.2, 0) is 14.3 Å². The van der Waals surface area contributed by atoms with Crippen molar-refractivity contribution in [1.82, 2.24) is 0 Å². The number of carbonyl (C=O) groups excluding carboxylic acids is 1. The van der Waals surface area contributed by atoms with Crippen molar-refractivity contribution in [1.29, 1.82) is 0 Å². The van der Waals surface area contributed by atoms with Crippen LogP contribution in [0.5, 0.6) is 0 Å². The molecule has 0 aromatic carbocycles. The second-order valence-electron chi connectivity index (χ2n) is 11.3. The van der Waals surface area contributed by atoms with Gasteiger partial charge >= 0.3 is 5.97 Å². The van der Waals surface area contributed by atoms with Crippen LogP contribution in [0.4, 0.5) is 0 Å². The third-order valence-corrected chi connectivity index (χ3v) is 10.1. The molecule has 0 bridgehead atoms. The van der Waals surface area contributed by atoms with Crippen molar-refractivity contribution in [2.75, 3.05) is 14.2 Å². The molecule has 0 amide bonds. The molecule has 0 aromatic rings. The van der Waals surface area contributed by atoms with Crippen molar-refractivity contribution in [3.63, 3.8) is 0 Å².